The van der Waals surface area contributed by atoms with E-state index in [4.69, 9.17) is 4.74 Å². The Balaban J connectivity index is 3.95. The van der Waals surface area contributed by atoms with E-state index >= 15 is 0 Å². The summed E-state index contributed by atoms with van der Waals surface area (Å²) in [7, 11) is 6.70. The first kappa shape index (κ1) is 11.4. The maximum absolute atomic E-state index is 11.1. The van der Waals surface area contributed by atoms with Gasteiger partial charge in [0.2, 0.25) is 0 Å². The van der Waals surface area contributed by atoms with Crippen molar-refractivity contribution >= 4 is 5.97 Å². The number of likely N-dealkylation sites (N-methyl/N-ethyl adjacent to an activating group) is 1. The predicted molar refractivity (Wildman–Crippen MR) is 46.0 cm³/mol. The minimum atomic E-state index is -0.211. The molecule has 72 valence electrons. The Labute approximate surface area is 73.4 Å². The lowest BCUT2D eigenvalue weighted by Crippen LogP contribution is -2.37. The summed E-state index contributed by atoms with van der Waals surface area (Å²) < 4.78 is 9.52. The Morgan fingerprint density at radius 3 is 2.33 bits per heavy atom. The summed E-state index contributed by atoms with van der Waals surface area (Å²) in [6.07, 6.45) is 0.663. The van der Waals surface area contributed by atoms with E-state index < -0.39 is 0 Å². The fraction of sp³-hybridized carbons (Fsp3) is 0.875. The Kier molecular flexibility index (Phi) is 5.66. The van der Waals surface area contributed by atoms with Gasteiger partial charge in [0.05, 0.1) is 7.11 Å². The molecule has 0 spiro atoms. The third kappa shape index (κ3) is 3.69. The van der Waals surface area contributed by atoms with Gasteiger partial charge >= 0.3 is 5.97 Å². The first-order valence-electron chi connectivity index (χ1n) is 3.86. The lowest BCUT2D eigenvalue weighted by Gasteiger charge is -2.20. The van der Waals surface area contributed by atoms with Crippen molar-refractivity contribution in [2.45, 2.75) is 12.5 Å². The van der Waals surface area contributed by atoms with Crippen molar-refractivity contribution in [2.24, 2.45) is 0 Å². The van der Waals surface area contributed by atoms with E-state index in [0.717, 1.165) is 0 Å². The maximum Gasteiger partial charge on any atom is 0.323 e. The van der Waals surface area contributed by atoms with Crippen LogP contribution in [0.15, 0.2) is 0 Å². The van der Waals surface area contributed by atoms with Gasteiger partial charge < -0.3 is 9.47 Å². The van der Waals surface area contributed by atoms with Gasteiger partial charge in [0.25, 0.3) is 0 Å². The van der Waals surface area contributed by atoms with Crippen LogP contribution in [0.2, 0.25) is 0 Å². The van der Waals surface area contributed by atoms with Crippen molar-refractivity contribution in [1.82, 2.24) is 4.90 Å². The highest BCUT2D eigenvalue weighted by Gasteiger charge is 2.20. The zero-order chi connectivity index (χ0) is 9.56. The van der Waals surface area contributed by atoms with E-state index in [1.807, 2.05) is 19.0 Å². The third-order valence-corrected chi connectivity index (χ3v) is 1.69. The second-order valence-electron chi connectivity index (χ2n) is 2.78. The zero-order valence-corrected chi connectivity index (χ0v) is 8.16. The molecule has 0 aliphatic rings. The molecule has 0 aliphatic heterocycles. The molecule has 4 heteroatoms. The zero-order valence-electron chi connectivity index (χ0n) is 8.16. The summed E-state index contributed by atoms with van der Waals surface area (Å²) >= 11 is 0. The summed E-state index contributed by atoms with van der Waals surface area (Å²) in [5.41, 5.74) is 0. The first-order valence-corrected chi connectivity index (χ1v) is 3.86. The van der Waals surface area contributed by atoms with Crippen molar-refractivity contribution in [3.8, 4) is 0 Å². The monoisotopic (exact) mass is 175 g/mol. The van der Waals surface area contributed by atoms with E-state index in [1.54, 1.807) is 7.11 Å². The molecule has 0 N–H and O–H groups in total. The fourth-order valence-electron chi connectivity index (χ4n) is 0.952. The van der Waals surface area contributed by atoms with Gasteiger partial charge in [-0.15, -0.1) is 0 Å². The summed E-state index contributed by atoms with van der Waals surface area (Å²) in [6.45, 7) is 0.567. The van der Waals surface area contributed by atoms with Gasteiger partial charge in [0.15, 0.2) is 0 Å². The van der Waals surface area contributed by atoms with Gasteiger partial charge in [-0.2, -0.15) is 0 Å². The Hall–Kier alpha value is -0.610. The average Bonchev–Trinajstić information content (AvgIpc) is 2.04. The molecule has 0 fully saturated rings. The summed E-state index contributed by atoms with van der Waals surface area (Å²) in [5.74, 6) is -0.211. The molecule has 12 heavy (non-hydrogen) atoms. The molecule has 0 saturated carbocycles. The molecular weight excluding hydrogens is 158 g/mol. The number of esters is 1. The highest BCUT2D eigenvalue weighted by Crippen LogP contribution is 2.01. The van der Waals surface area contributed by atoms with E-state index in [-0.39, 0.29) is 12.0 Å². The van der Waals surface area contributed by atoms with E-state index in [2.05, 4.69) is 4.74 Å². The van der Waals surface area contributed by atoms with Crippen LogP contribution in [-0.4, -0.2) is 51.8 Å². The molecule has 1 unspecified atom stereocenters. The second kappa shape index (κ2) is 5.97. The van der Waals surface area contributed by atoms with Crippen LogP contribution >= 0.6 is 0 Å². The number of ether oxygens (including phenoxy) is 2. The SMILES string of the molecule is COCCC(C(=O)OC)N(C)C. The van der Waals surface area contributed by atoms with Crippen LogP contribution in [0.4, 0.5) is 0 Å². The summed E-state index contributed by atoms with van der Waals surface area (Å²) in [6, 6.07) is -0.199. The molecular formula is C8H17NO3. The normalized spacial score (nSPS) is 13.1. The van der Waals surface area contributed by atoms with Crippen molar-refractivity contribution in [3.05, 3.63) is 0 Å². The lowest BCUT2D eigenvalue weighted by atomic mass is 10.2. The topological polar surface area (TPSA) is 38.8 Å². The molecule has 0 rings (SSSR count). The van der Waals surface area contributed by atoms with E-state index in [9.17, 15) is 4.79 Å². The van der Waals surface area contributed by atoms with Gasteiger partial charge in [0.1, 0.15) is 6.04 Å². The molecule has 0 bridgehead atoms. The summed E-state index contributed by atoms with van der Waals surface area (Å²) in [5, 5.41) is 0. The first-order chi connectivity index (χ1) is 5.63. The molecule has 0 aromatic rings. The number of carbonyl (C=O) groups is 1. The van der Waals surface area contributed by atoms with Crippen molar-refractivity contribution in [3.63, 3.8) is 0 Å². The number of nitrogens with zero attached hydrogens (tertiary/aromatic N) is 1. The second-order valence-corrected chi connectivity index (χ2v) is 2.78. The fourth-order valence-corrected chi connectivity index (χ4v) is 0.952. The Bertz CT molecular complexity index is 136. The van der Waals surface area contributed by atoms with Crippen molar-refractivity contribution in [2.75, 3.05) is 34.9 Å². The van der Waals surface area contributed by atoms with Crippen molar-refractivity contribution in [1.29, 1.82) is 0 Å². The van der Waals surface area contributed by atoms with Gasteiger partial charge in [-0.3, -0.25) is 9.69 Å². The molecule has 0 saturated heterocycles. The van der Waals surface area contributed by atoms with E-state index in [1.165, 1.54) is 7.11 Å². The lowest BCUT2D eigenvalue weighted by molar-refractivity contribution is -0.146. The molecule has 0 radical (unpaired) electrons. The largest absolute Gasteiger partial charge is 0.468 e. The molecule has 4 nitrogen and oxygen atoms in total. The van der Waals surface area contributed by atoms with Gasteiger partial charge in [-0.1, -0.05) is 0 Å². The molecule has 0 amide bonds. The number of hydrogen-bond acceptors (Lipinski definition) is 4. The van der Waals surface area contributed by atoms with Gasteiger partial charge in [-0.05, 0) is 20.5 Å². The molecule has 1 atom stereocenters. The highest BCUT2D eigenvalue weighted by molar-refractivity contribution is 5.75. The molecule has 0 aromatic carbocycles. The summed E-state index contributed by atoms with van der Waals surface area (Å²) in [4.78, 5) is 13.0. The molecule has 0 aliphatic carbocycles. The van der Waals surface area contributed by atoms with Gasteiger partial charge in [-0.25, -0.2) is 0 Å². The van der Waals surface area contributed by atoms with Gasteiger partial charge in [0, 0.05) is 13.7 Å². The minimum absolute atomic E-state index is 0.199. The van der Waals surface area contributed by atoms with Crippen LogP contribution in [0, 0.1) is 0 Å². The maximum atomic E-state index is 11.1. The Morgan fingerprint density at radius 2 is 2.00 bits per heavy atom. The number of carbonyl (C=O) groups excluding carboxylic acids is 1. The van der Waals surface area contributed by atoms with Crippen LogP contribution in [0.1, 0.15) is 6.42 Å². The number of methoxy groups -OCH3 is 2. The standard InChI is InChI=1S/C8H17NO3/c1-9(2)7(5-6-11-3)8(10)12-4/h7H,5-6H2,1-4H3. The Morgan fingerprint density at radius 1 is 1.42 bits per heavy atom. The number of rotatable bonds is 5. The minimum Gasteiger partial charge on any atom is -0.468 e. The van der Waals surface area contributed by atoms with Crippen LogP contribution < -0.4 is 0 Å². The smallest absolute Gasteiger partial charge is 0.323 e. The van der Waals surface area contributed by atoms with E-state index in [0.29, 0.717) is 13.0 Å². The van der Waals surface area contributed by atoms with Crippen LogP contribution in [-0.2, 0) is 14.3 Å². The molecule has 0 aromatic heterocycles. The number of hydrogen-bond donors (Lipinski definition) is 0. The average molecular weight is 175 g/mol. The van der Waals surface area contributed by atoms with Crippen LogP contribution in [0.3, 0.4) is 0 Å². The van der Waals surface area contributed by atoms with Crippen molar-refractivity contribution < 1.29 is 14.3 Å². The highest BCUT2D eigenvalue weighted by atomic mass is 16.5. The predicted octanol–water partition coefficient (Wildman–Crippen LogP) is 0.126. The molecule has 0 heterocycles. The quantitative estimate of drug-likeness (QED) is 0.557. The van der Waals surface area contributed by atoms with Crippen LogP contribution in [0.5, 0.6) is 0 Å². The third-order valence-electron chi connectivity index (χ3n) is 1.69. The van der Waals surface area contributed by atoms with Crippen LogP contribution in [0.25, 0.3) is 0 Å².